The van der Waals surface area contributed by atoms with E-state index in [0.29, 0.717) is 37.9 Å². The molecule has 36 heavy (non-hydrogen) atoms. The maximum atomic E-state index is 14.8. The van der Waals surface area contributed by atoms with Gasteiger partial charge in [0.1, 0.15) is 5.82 Å². The molecule has 0 saturated carbocycles. The summed E-state index contributed by atoms with van der Waals surface area (Å²) in [5.74, 6) is 0.0261. The molecule has 0 saturated heterocycles. The van der Waals surface area contributed by atoms with Gasteiger partial charge in [-0.25, -0.2) is 9.37 Å². The van der Waals surface area contributed by atoms with Gasteiger partial charge in [0.15, 0.2) is 0 Å². The van der Waals surface area contributed by atoms with Crippen LogP contribution in [0.3, 0.4) is 0 Å². The van der Waals surface area contributed by atoms with Crippen LogP contribution in [0.15, 0.2) is 58.6 Å². The van der Waals surface area contributed by atoms with Crippen LogP contribution >= 0.6 is 8.58 Å². The summed E-state index contributed by atoms with van der Waals surface area (Å²) >= 11 is 0. The average molecular weight is 509 g/mol. The van der Waals surface area contributed by atoms with Gasteiger partial charge in [0.05, 0.1) is 23.7 Å². The largest absolute Gasteiger partial charge is 0.477 e. The first-order valence-corrected chi connectivity index (χ1v) is 13.8. The normalized spacial score (nSPS) is 20.8. The number of hydrogen-bond donors (Lipinski definition) is 2. The molecular weight excluding hydrogens is 474 g/mol. The second-order valence-electron chi connectivity index (χ2n) is 9.02. The quantitative estimate of drug-likeness (QED) is 0.398. The Morgan fingerprint density at radius 3 is 2.97 bits per heavy atom. The minimum absolute atomic E-state index is 0.0264. The van der Waals surface area contributed by atoms with Crippen molar-refractivity contribution >= 4 is 26.4 Å². The third kappa shape index (κ3) is 6.45. The predicted molar refractivity (Wildman–Crippen MR) is 146 cm³/mol. The number of allylic oxidation sites excluding steroid dienone is 3. The number of nitrogens with one attached hydrogen (secondary N) is 2. The number of anilines is 1. The molecule has 0 radical (unpaired) electrons. The molecule has 4 rings (SSSR count). The molecule has 0 fully saturated rings. The SMILES string of the molecule is CC/C=C1/N=CC(NC(C)c2cc(NC(=O)c3cnc4c(c3)CCCO4)ccc2F)P/C1=C\CCC. The Balaban J connectivity index is 1.46. The number of aryl methyl sites for hydroxylation is 1. The molecule has 3 unspecified atom stereocenters. The van der Waals surface area contributed by atoms with E-state index in [2.05, 4.69) is 46.6 Å². The lowest BCUT2D eigenvalue weighted by molar-refractivity contribution is 0.102. The van der Waals surface area contributed by atoms with E-state index in [4.69, 9.17) is 4.74 Å². The molecule has 0 bridgehead atoms. The minimum Gasteiger partial charge on any atom is -0.477 e. The maximum absolute atomic E-state index is 14.8. The first-order valence-electron chi connectivity index (χ1n) is 12.7. The molecule has 0 spiro atoms. The molecule has 8 heteroatoms. The molecule has 190 valence electrons. The van der Waals surface area contributed by atoms with E-state index in [-0.39, 0.29) is 23.5 Å². The number of carbonyl (C=O) groups is 1. The number of carbonyl (C=O) groups excluding carboxylic acids is 1. The molecule has 1 aromatic carbocycles. The highest BCUT2D eigenvalue weighted by Gasteiger charge is 2.21. The molecular formula is C28H34FN4O2P. The fraction of sp³-hybridized carbons (Fsp3) is 0.393. The fourth-order valence-electron chi connectivity index (χ4n) is 4.27. The molecule has 2 aromatic rings. The van der Waals surface area contributed by atoms with Crippen molar-refractivity contribution in [1.82, 2.24) is 10.3 Å². The number of benzene rings is 1. The summed E-state index contributed by atoms with van der Waals surface area (Å²) in [4.78, 5) is 21.8. The van der Waals surface area contributed by atoms with Crippen molar-refractivity contribution in [3.63, 3.8) is 0 Å². The zero-order chi connectivity index (χ0) is 25.5. The van der Waals surface area contributed by atoms with Crippen LogP contribution in [0, 0.1) is 5.82 Å². The second kappa shape index (κ2) is 12.4. The van der Waals surface area contributed by atoms with Crippen molar-refractivity contribution < 1.29 is 13.9 Å². The van der Waals surface area contributed by atoms with E-state index in [0.717, 1.165) is 43.4 Å². The number of aromatic nitrogens is 1. The van der Waals surface area contributed by atoms with Crippen LogP contribution in [0.5, 0.6) is 5.88 Å². The summed E-state index contributed by atoms with van der Waals surface area (Å²) in [6, 6.07) is 6.22. The van der Waals surface area contributed by atoms with Crippen LogP contribution in [0.4, 0.5) is 10.1 Å². The number of nitrogens with zero attached hydrogens (tertiary/aromatic N) is 2. The molecule has 6 nitrogen and oxygen atoms in total. The van der Waals surface area contributed by atoms with Crippen molar-refractivity contribution in [3.05, 3.63) is 76.1 Å². The second-order valence-corrected chi connectivity index (χ2v) is 10.5. The number of halogens is 1. The van der Waals surface area contributed by atoms with E-state index in [1.54, 1.807) is 12.1 Å². The van der Waals surface area contributed by atoms with E-state index in [9.17, 15) is 9.18 Å². The van der Waals surface area contributed by atoms with Crippen molar-refractivity contribution in [3.8, 4) is 5.88 Å². The van der Waals surface area contributed by atoms with Gasteiger partial charge in [0, 0.05) is 35.3 Å². The number of unbranched alkanes of at least 4 members (excludes halogenated alkanes) is 1. The van der Waals surface area contributed by atoms with Crippen LogP contribution < -0.4 is 15.4 Å². The van der Waals surface area contributed by atoms with Crippen molar-refractivity contribution in [1.29, 1.82) is 0 Å². The Bertz CT molecular complexity index is 1190. The summed E-state index contributed by atoms with van der Waals surface area (Å²) in [6.45, 7) is 6.86. The highest BCUT2D eigenvalue weighted by Crippen LogP contribution is 2.39. The Kier molecular flexibility index (Phi) is 9.00. The van der Waals surface area contributed by atoms with Crippen molar-refractivity contribution in [2.24, 2.45) is 4.99 Å². The van der Waals surface area contributed by atoms with Gasteiger partial charge in [-0.05, 0) is 62.2 Å². The van der Waals surface area contributed by atoms with Gasteiger partial charge < -0.3 is 10.1 Å². The van der Waals surface area contributed by atoms with E-state index < -0.39 is 0 Å². The Hall–Kier alpha value is -2.89. The smallest absolute Gasteiger partial charge is 0.257 e. The van der Waals surface area contributed by atoms with Gasteiger partial charge in [0.2, 0.25) is 5.88 Å². The first-order chi connectivity index (χ1) is 17.5. The van der Waals surface area contributed by atoms with Crippen molar-refractivity contribution in [2.75, 3.05) is 11.9 Å². The number of aliphatic imine (C=N–C) groups is 1. The molecule has 2 aliphatic heterocycles. The highest BCUT2D eigenvalue weighted by atomic mass is 31.1. The van der Waals surface area contributed by atoms with Gasteiger partial charge in [0.25, 0.3) is 5.91 Å². The maximum Gasteiger partial charge on any atom is 0.257 e. The van der Waals surface area contributed by atoms with Crippen LogP contribution in [-0.4, -0.2) is 29.5 Å². The molecule has 2 aliphatic rings. The van der Waals surface area contributed by atoms with Gasteiger partial charge in [-0.3, -0.25) is 15.1 Å². The zero-order valence-corrected chi connectivity index (χ0v) is 22.1. The Morgan fingerprint density at radius 1 is 1.31 bits per heavy atom. The molecule has 1 aromatic heterocycles. The van der Waals surface area contributed by atoms with Crippen LogP contribution in [-0.2, 0) is 6.42 Å². The van der Waals surface area contributed by atoms with E-state index in [1.165, 1.54) is 17.6 Å². The number of rotatable bonds is 8. The zero-order valence-electron chi connectivity index (χ0n) is 21.1. The Morgan fingerprint density at radius 2 is 2.17 bits per heavy atom. The monoisotopic (exact) mass is 508 g/mol. The van der Waals surface area contributed by atoms with Gasteiger partial charge in [-0.1, -0.05) is 41.0 Å². The third-order valence-corrected chi connectivity index (χ3v) is 7.55. The first kappa shape index (κ1) is 26.2. The summed E-state index contributed by atoms with van der Waals surface area (Å²) in [6.07, 6.45) is 12.7. The number of pyridine rings is 1. The van der Waals surface area contributed by atoms with Crippen LogP contribution in [0.25, 0.3) is 0 Å². The van der Waals surface area contributed by atoms with Crippen LogP contribution in [0.1, 0.15) is 74.0 Å². The number of ether oxygens (including phenoxy) is 1. The highest BCUT2D eigenvalue weighted by molar-refractivity contribution is 7.45. The fourth-order valence-corrected chi connectivity index (χ4v) is 5.67. The summed E-state index contributed by atoms with van der Waals surface area (Å²) in [5.41, 5.74) is 3.48. The van der Waals surface area contributed by atoms with Crippen molar-refractivity contribution in [2.45, 2.75) is 64.7 Å². The molecule has 3 heterocycles. The van der Waals surface area contributed by atoms with Gasteiger partial charge in [-0.2, -0.15) is 0 Å². The van der Waals surface area contributed by atoms with Gasteiger partial charge in [-0.15, -0.1) is 0 Å². The number of fused-ring (bicyclic) bond motifs is 1. The molecule has 3 atom stereocenters. The number of amides is 1. The van der Waals surface area contributed by atoms with Crippen LogP contribution in [0.2, 0.25) is 0 Å². The summed E-state index contributed by atoms with van der Waals surface area (Å²) < 4.78 is 20.3. The topological polar surface area (TPSA) is 75.6 Å². The lowest BCUT2D eigenvalue weighted by atomic mass is 10.1. The third-order valence-electron chi connectivity index (χ3n) is 6.15. The number of hydrogen-bond acceptors (Lipinski definition) is 5. The Labute approximate surface area is 214 Å². The predicted octanol–water partition coefficient (Wildman–Crippen LogP) is 6.52. The summed E-state index contributed by atoms with van der Waals surface area (Å²) in [5, 5.41) is 7.66. The van der Waals surface area contributed by atoms with E-state index in [1.807, 2.05) is 19.2 Å². The van der Waals surface area contributed by atoms with Gasteiger partial charge >= 0.3 is 0 Å². The lowest BCUT2D eigenvalue weighted by Gasteiger charge is -2.26. The lowest BCUT2D eigenvalue weighted by Crippen LogP contribution is -2.31. The standard InChI is InChI=1S/C28H34FN4O2P/c1-4-6-10-25-24(8-5-2)30-17-26(36-25)32-18(3)22-15-21(11-12-23(22)29)33-27(34)20-14-19-9-7-13-35-28(19)31-16-20/h8,10-12,14-18,26,32,36H,4-7,9,13H2,1-3H3,(H,33,34)/b24-8+,25-10-. The minimum atomic E-state index is -0.315. The molecule has 1 amide bonds. The molecule has 0 aliphatic carbocycles. The average Bonchev–Trinajstić information content (AvgIpc) is 2.89. The summed E-state index contributed by atoms with van der Waals surface area (Å²) in [7, 11) is 0.518. The van der Waals surface area contributed by atoms with E-state index >= 15 is 0 Å². The molecule has 2 N–H and O–H groups in total.